The lowest BCUT2D eigenvalue weighted by Gasteiger charge is -2.32. The van der Waals surface area contributed by atoms with Gasteiger partial charge in [-0.15, -0.1) is 0 Å². The molecule has 1 saturated carbocycles. The van der Waals surface area contributed by atoms with Crippen LogP contribution in [0.15, 0.2) is 79.6 Å². The predicted molar refractivity (Wildman–Crippen MR) is 258 cm³/mol. The Morgan fingerprint density at radius 2 is 1.29 bits per heavy atom. The van der Waals surface area contributed by atoms with Gasteiger partial charge in [0.15, 0.2) is 0 Å². The summed E-state index contributed by atoms with van der Waals surface area (Å²) in [5.41, 5.74) is 4.90. The van der Waals surface area contributed by atoms with Crippen LogP contribution >= 0.6 is 0 Å². The molecule has 0 radical (unpaired) electrons. The number of aryl methyl sites for hydroxylation is 2. The number of carbonyl (C=O) groups excluding carboxylic acids is 5. The Labute approximate surface area is 401 Å². The van der Waals surface area contributed by atoms with E-state index in [0.29, 0.717) is 36.5 Å². The second-order valence-electron chi connectivity index (χ2n) is 17.6. The number of hydrogen-bond donors (Lipinski definition) is 0. The number of halogens is 1. The van der Waals surface area contributed by atoms with Gasteiger partial charge in [-0.3, -0.25) is 19.2 Å². The summed E-state index contributed by atoms with van der Waals surface area (Å²) in [6.07, 6.45) is 11.1. The Balaban J connectivity index is 1.63. The van der Waals surface area contributed by atoms with Gasteiger partial charge in [-0.2, -0.15) is 0 Å². The van der Waals surface area contributed by atoms with Crippen LogP contribution in [0.25, 0.3) is 22.3 Å². The first-order valence-electron chi connectivity index (χ1n) is 24.1. The van der Waals surface area contributed by atoms with Gasteiger partial charge in [0.2, 0.25) is 0 Å². The number of carbonyl (C=O) groups is 5. The van der Waals surface area contributed by atoms with Gasteiger partial charge in [0.05, 0.1) is 26.1 Å². The summed E-state index contributed by atoms with van der Waals surface area (Å²) in [6, 6.07) is 17.4. The van der Waals surface area contributed by atoms with Crippen molar-refractivity contribution in [3.05, 3.63) is 102 Å². The second kappa shape index (κ2) is 28.4. The van der Waals surface area contributed by atoms with Gasteiger partial charge in [-0.05, 0) is 129 Å². The lowest BCUT2D eigenvalue weighted by Crippen LogP contribution is -2.43. The highest BCUT2D eigenvalue weighted by Gasteiger charge is 2.37. The Kier molecular flexibility index (Phi) is 22.8. The van der Waals surface area contributed by atoms with E-state index < -0.39 is 61.3 Å². The minimum atomic E-state index is -1.37. The van der Waals surface area contributed by atoms with Crippen molar-refractivity contribution >= 4 is 29.8 Å². The molecule has 0 unspecified atom stereocenters. The first-order chi connectivity index (χ1) is 32.7. The molecule has 0 saturated heterocycles. The van der Waals surface area contributed by atoms with Crippen molar-refractivity contribution < 1.29 is 61.5 Å². The second-order valence-corrected chi connectivity index (χ2v) is 17.6. The molecule has 0 aromatic heterocycles. The fourth-order valence-electron chi connectivity index (χ4n) is 8.40. The van der Waals surface area contributed by atoms with Crippen LogP contribution in [0.4, 0.5) is 4.39 Å². The summed E-state index contributed by atoms with van der Waals surface area (Å²) >= 11 is 0. The van der Waals surface area contributed by atoms with E-state index in [-0.39, 0.29) is 44.4 Å². The molecule has 0 heterocycles. The van der Waals surface area contributed by atoms with Crippen molar-refractivity contribution in [2.45, 2.75) is 124 Å². The fraction of sp³-hybridized carbons (Fsp3) is 0.509. The summed E-state index contributed by atoms with van der Waals surface area (Å²) in [5.74, 6) is -2.46. The van der Waals surface area contributed by atoms with Gasteiger partial charge in [0, 0.05) is 11.1 Å². The maximum Gasteiger partial charge on any atom is 0.333 e. The van der Waals surface area contributed by atoms with Crippen molar-refractivity contribution in [3.63, 3.8) is 0 Å². The Hall–Kier alpha value is -5.98. The standard InChI is InChI=1S/C55H71FO12/c1-8-13-14-16-39-18-20-41(21-19-39)42-22-26-47(48(56)31-42)44-23-25-46(40(9-2)29-44)43-24-27-49(45(30-43)17-15-28-65-54(61)38(6)7)66-35-55(34-62-10-3,36-67-52(59)32-50(57)63-11-4)37-68-53(60)33-51(58)64-12-5/h10,22-27,29-31,39,41H,3,6,8-9,11-21,28,32-37H2,1-2,4-5,7H3. The van der Waals surface area contributed by atoms with E-state index in [2.05, 4.69) is 33.1 Å². The molecule has 0 amide bonds. The number of ether oxygens (including phenoxy) is 7. The van der Waals surface area contributed by atoms with E-state index in [4.69, 9.17) is 33.2 Å². The highest BCUT2D eigenvalue weighted by molar-refractivity contribution is 5.91. The molecule has 0 N–H and O–H groups in total. The summed E-state index contributed by atoms with van der Waals surface area (Å²) in [7, 11) is 0. The van der Waals surface area contributed by atoms with Crippen molar-refractivity contribution in [1.29, 1.82) is 0 Å². The summed E-state index contributed by atoms with van der Waals surface area (Å²) < 4.78 is 54.3. The van der Waals surface area contributed by atoms with Gasteiger partial charge >= 0.3 is 29.8 Å². The molecule has 0 spiro atoms. The Bertz CT molecular complexity index is 2140. The van der Waals surface area contributed by atoms with Crippen LogP contribution in [0.5, 0.6) is 5.75 Å². The maximum atomic E-state index is 16.0. The van der Waals surface area contributed by atoms with Crippen LogP contribution in [-0.4, -0.2) is 76.1 Å². The van der Waals surface area contributed by atoms with Crippen LogP contribution < -0.4 is 4.74 Å². The highest BCUT2D eigenvalue weighted by Crippen LogP contribution is 2.40. The molecule has 1 fully saturated rings. The molecule has 1 aliphatic carbocycles. The largest absolute Gasteiger partial charge is 0.501 e. The first-order valence-corrected chi connectivity index (χ1v) is 24.1. The van der Waals surface area contributed by atoms with E-state index in [1.165, 1.54) is 44.8 Å². The van der Waals surface area contributed by atoms with Crippen LogP contribution in [0.2, 0.25) is 0 Å². The quantitative estimate of drug-likeness (QED) is 0.0163. The number of unbranched alkanes of at least 4 members (excludes halogenated alkanes) is 2. The molecule has 3 aromatic carbocycles. The van der Waals surface area contributed by atoms with Gasteiger partial charge < -0.3 is 33.2 Å². The molecule has 1 aliphatic rings. The van der Waals surface area contributed by atoms with E-state index >= 15 is 4.39 Å². The average molecular weight is 943 g/mol. The smallest absolute Gasteiger partial charge is 0.333 e. The maximum absolute atomic E-state index is 16.0. The molecule has 370 valence electrons. The molecule has 0 atom stereocenters. The van der Waals surface area contributed by atoms with Crippen LogP contribution in [0.3, 0.4) is 0 Å². The van der Waals surface area contributed by atoms with Crippen LogP contribution in [0, 0.1) is 17.2 Å². The topological polar surface area (TPSA) is 150 Å². The summed E-state index contributed by atoms with van der Waals surface area (Å²) in [6.45, 7) is 15.3. The lowest BCUT2D eigenvalue weighted by atomic mass is 9.77. The van der Waals surface area contributed by atoms with Crippen LogP contribution in [-0.2, 0) is 65.2 Å². The van der Waals surface area contributed by atoms with Crippen molar-refractivity contribution in [3.8, 4) is 28.0 Å². The summed E-state index contributed by atoms with van der Waals surface area (Å²) in [4.78, 5) is 61.9. The molecular weight excluding hydrogens is 872 g/mol. The third kappa shape index (κ3) is 17.3. The predicted octanol–water partition coefficient (Wildman–Crippen LogP) is 11.1. The first kappa shape index (κ1) is 54.6. The number of benzene rings is 3. The van der Waals surface area contributed by atoms with Crippen molar-refractivity contribution in [1.82, 2.24) is 0 Å². The number of hydrogen-bond acceptors (Lipinski definition) is 12. The lowest BCUT2D eigenvalue weighted by molar-refractivity contribution is -0.163. The van der Waals surface area contributed by atoms with Crippen LogP contribution in [0.1, 0.15) is 128 Å². The zero-order valence-electron chi connectivity index (χ0n) is 40.8. The average Bonchev–Trinajstić information content (AvgIpc) is 3.32. The zero-order valence-corrected chi connectivity index (χ0v) is 40.8. The van der Waals surface area contributed by atoms with E-state index in [0.717, 1.165) is 52.1 Å². The van der Waals surface area contributed by atoms with E-state index in [1.54, 1.807) is 32.9 Å². The molecule has 13 heteroatoms. The SMILES string of the molecule is C=COCC(COC(=O)CC(=O)OCC)(COC(=O)CC(=O)OCC)COc1ccc(-c2ccc(-c3ccc(C4CCC(CCCCC)CC4)cc3F)cc2CC)cc1CCCOC(=O)C(=C)C. The van der Waals surface area contributed by atoms with Gasteiger partial charge in [0.1, 0.15) is 56.3 Å². The molecular formula is C55H71FO12. The van der Waals surface area contributed by atoms with E-state index in [1.807, 2.05) is 36.4 Å². The molecule has 68 heavy (non-hydrogen) atoms. The summed E-state index contributed by atoms with van der Waals surface area (Å²) in [5, 5.41) is 0. The normalized spacial score (nSPS) is 14.6. The third-order valence-electron chi connectivity index (χ3n) is 12.2. The molecule has 0 bridgehead atoms. The Morgan fingerprint density at radius 1 is 0.691 bits per heavy atom. The highest BCUT2D eigenvalue weighted by atomic mass is 19.1. The minimum absolute atomic E-state index is 0.0738. The number of rotatable bonds is 29. The molecule has 4 rings (SSSR count). The van der Waals surface area contributed by atoms with Gasteiger partial charge in [-0.25, -0.2) is 9.18 Å². The monoisotopic (exact) mass is 942 g/mol. The zero-order chi connectivity index (χ0) is 49.5. The van der Waals surface area contributed by atoms with Gasteiger partial charge in [-0.1, -0.05) is 89.1 Å². The molecule has 3 aromatic rings. The van der Waals surface area contributed by atoms with Crippen molar-refractivity contribution in [2.24, 2.45) is 11.3 Å². The Morgan fingerprint density at radius 3 is 1.88 bits per heavy atom. The fourth-order valence-corrected chi connectivity index (χ4v) is 8.40. The number of esters is 5. The van der Waals surface area contributed by atoms with Gasteiger partial charge in [0.25, 0.3) is 0 Å². The minimum Gasteiger partial charge on any atom is -0.501 e. The molecule has 12 nitrogen and oxygen atoms in total. The van der Waals surface area contributed by atoms with Crippen molar-refractivity contribution in [2.75, 3.05) is 46.2 Å². The molecule has 0 aliphatic heterocycles. The van der Waals surface area contributed by atoms with E-state index in [9.17, 15) is 24.0 Å². The third-order valence-corrected chi connectivity index (χ3v) is 12.2.